The van der Waals surface area contributed by atoms with Gasteiger partial charge in [-0.15, -0.1) is 0 Å². The summed E-state index contributed by atoms with van der Waals surface area (Å²) in [5.74, 6) is 2.01. The quantitative estimate of drug-likeness (QED) is 0.915. The number of carbonyl (C=O) groups excluding carboxylic acids is 1. The number of fused-ring (bicyclic) bond motifs is 1. The van der Waals surface area contributed by atoms with Crippen molar-refractivity contribution in [2.45, 2.75) is 12.5 Å². The van der Waals surface area contributed by atoms with E-state index in [0.29, 0.717) is 5.69 Å². The van der Waals surface area contributed by atoms with Gasteiger partial charge in [-0.05, 0) is 40.2 Å². The Balaban J connectivity index is 1.87. The van der Waals surface area contributed by atoms with Gasteiger partial charge in [-0.3, -0.25) is 9.78 Å². The van der Waals surface area contributed by atoms with Gasteiger partial charge >= 0.3 is 0 Å². The van der Waals surface area contributed by atoms with Crippen LogP contribution >= 0.6 is 27.7 Å². The van der Waals surface area contributed by atoms with Gasteiger partial charge < -0.3 is 5.32 Å². The maximum absolute atomic E-state index is 12.1. The van der Waals surface area contributed by atoms with Gasteiger partial charge in [0.05, 0.1) is 9.99 Å². The number of nitrogens with zero attached hydrogens (tertiary/aromatic N) is 2. The number of nitrogens with one attached hydrogen (secondary N) is 1. The number of halogens is 1. The molecule has 1 fully saturated rings. The van der Waals surface area contributed by atoms with Crippen molar-refractivity contribution >= 4 is 44.5 Å². The lowest BCUT2D eigenvalue weighted by Crippen LogP contribution is -2.35. The lowest BCUT2D eigenvalue weighted by molar-refractivity contribution is 0.0936. The fourth-order valence-corrected chi connectivity index (χ4v) is 3.63. The van der Waals surface area contributed by atoms with Crippen LogP contribution in [0.2, 0.25) is 0 Å². The topological polar surface area (TPSA) is 54.9 Å². The zero-order valence-electron chi connectivity index (χ0n) is 10.1. The van der Waals surface area contributed by atoms with Gasteiger partial charge in [0.2, 0.25) is 0 Å². The third-order valence-corrected chi connectivity index (χ3v) is 4.79. The van der Waals surface area contributed by atoms with E-state index in [2.05, 4.69) is 31.2 Å². The summed E-state index contributed by atoms with van der Waals surface area (Å²) >= 11 is 5.28. The van der Waals surface area contributed by atoms with E-state index in [1.54, 1.807) is 18.5 Å². The predicted octanol–water partition coefficient (Wildman–Crippen LogP) is 2.63. The van der Waals surface area contributed by atoms with Crippen LogP contribution in [0.1, 0.15) is 16.9 Å². The van der Waals surface area contributed by atoms with Crippen molar-refractivity contribution in [2.75, 3.05) is 11.5 Å². The molecule has 1 unspecified atom stereocenters. The molecule has 1 atom stereocenters. The van der Waals surface area contributed by atoms with E-state index in [4.69, 9.17) is 0 Å². The SMILES string of the molecule is O=C(NC1CCSC1)c1ccc2cncc(Br)c2n1. The van der Waals surface area contributed by atoms with E-state index >= 15 is 0 Å². The van der Waals surface area contributed by atoms with Crippen molar-refractivity contribution < 1.29 is 4.79 Å². The Bertz CT molecular complexity index is 628. The highest BCUT2D eigenvalue weighted by atomic mass is 79.9. The van der Waals surface area contributed by atoms with Crippen molar-refractivity contribution in [3.63, 3.8) is 0 Å². The Morgan fingerprint density at radius 1 is 1.42 bits per heavy atom. The molecule has 1 aliphatic rings. The number of thioether (sulfide) groups is 1. The zero-order valence-corrected chi connectivity index (χ0v) is 12.5. The molecule has 4 nitrogen and oxygen atoms in total. The van der Waals surface area contributed by atoms with Gasteiger partial charge in [-0.2, -0.15) is 11.8 Å². The minimum Gasteiger partial charge on any atom is -0.347 e. The van der Waals surface area contributed by atoms with Crippen LogP contribution in [0.5, 0.6) is 0 Å². The number of rotatable bonds is 2. The summed E-state index contributed by atoms with van der Waals surface area (Å²) in [7, 11) is 0. The first-order chi connectivity index (χ1) is 9.24. The third kappa shape index (κ3) is 2.74. The number of hydrogen-bond donors (Lipinski definition) is 1. The molecule has 3 heterocycles. The molecule has 1 amide bonds. The van der Waals surface area contributed by atoms with Crippen molar-refractivity contribution in [3.8, 4) is 0 Å². The Morgan fingerprint density at radius 3 is 3.11 bits per heavy atom. The molecule has 0 radical (unpaired) electrons. The fraction of sp³-hybridized carbons (Fsp3) is 0.308. The third-order valence-electron chi connectivity index (χ3n) is 3.05. The van der Waals surface area contributed by atoms with E-state index in [0.717, 1.165) is 33.3 Å². The van der Waals surface area contributed by atoms with Crippen molar-refractivity contribution in [1.82, 2.24) is 15.3 Å². The molecular formula is C13H12BrN3OS. The van der Waals surface area contributed by atoms with E-state index in [1.165, 1.54) is 0 Å². The number of pyridine rings is 2. The normalized spacial score (nSPS) is 18.7. The number of aromatic nitrogens is 2. The summed E-state index contributed by atoms with van der Waals surface area (Å²) in [6.07, 6.45) is 4.46. The lowest BCUT2D eigenvalue weighted by Gasteiger charge is -2.11. The molecule has 0 spiro atoms. The van der Waals surface area contributed by atoms with Gasteiger partial charge in [-0.1, -0.05) is 0 Å². The molecule has 0 bridgehead atoms. The zero-order chi connectivity index (χ0) is 13.2. The van der Waals surface area contributed by atoms with Crippen molar-refractivity contribution in [3.05, 3.63) is 34.7 Å². The molecule has 98 valence electrons. The lowest BCUT2D eigenvalue weighted by atomic mass is 10.2. The molecule has 0 aliphatic carbocycles. The second kappa shape index (κ2) is 5.46. The Labute approximate surface area is 123 Å². The molecule has 1 saturated heterocycles. The van der Waals surface area contributed by atoms with E-state index < -0.39 is 0 Å². The van der Waals surface area contributed by atoms with Crippen molar-refractivity contribution in [2.24, 2.45) is 0 Å². The van der Waals surface area contributed by atoms with E-state index in [-0.39, 0.29) is 11.9 Å². The molecule has 6 heteroatoms. The fourth-order valence-electron chi connectivity index (χ4n) is 2.04. The van der Waals surface area contributed by atoms with Crippen LogP contribution in [0.15, 0.2) is 29.0 Å². The summed E-state index contributed by atoms with van der Waals surface area (Å²) < 4.78 is 0.802. The maximum Gasteiger partial charge on any atom is 0.270 e. The van der Waals surface area contributed by atoms with Crippen LogP contribution in [0.25, 0.3) is 10.9 Å². The highest BCUT2D eigenvalue weighted by Crippen LogP contribution is 2.21. The molecular weight excluding hydrogens is 326 g/mol. The smallest absolute Gasteiger partial charge is 0.270 e. The Kier molecular flexibility index (Phi) is 3.70. The summed E-state index contributed by atoms with van der Waals surface area (Å²) in [5, 5.41) is 3.94. The standard InChI is InChI=1S/C13H12BrN3OS/c14-10-6-15-5-8-1-2-11(17-12(8)10)13(18)16-9-3-4-19-7-9/h1-2,5-6,9H,3-4,7H2,(H,16,18). The molecule has 2 aromatic heterocycles. The Morgan fingerprint density at radius 2 is 2.32 bits per heavy atom. The van der Waals surface area contributed by atoms with E-state index in [1.807, 2.05) is 17.8 Å². The second-order valence-corrected chi connectivity index (χ2v) is 6.43. The molecule has 0 saturated carbocycles. The number of carbonyl (C=O) groups is 1. The summed E-state index contributed by atoms with van der Waals surface area (Å²) in [6.45, 7) is 0. The van der Waals surface area contributed by atoms with Crippen LogP contribution < -0.4 is 5.32 Å². The first kappa shape index (κ1) is 12.9. The minimum atomic E-state index is -0.0990. The van der Waals surface area contributed by atoms with Gasteiger partial charge in [0.1, 0.15) is 5.69 Å². The summed E-state index contributed by atoms with van der Waals surface area (Å²) in [6, 6.07) is 3.89. The molecule has 0 aromatic carbocycles. The minimum absolute atomic E-state index is 0.0990. The Hall–Kier alpha value is -1.14. The number of hydrogen-bond acceptors (Lipinski definition) is 4. The van der Waals surface area contributed by atoms with Gasteiger partial charge in [0, 0.05) is 29.6 Å². The number of amides is 1. The van der Waals surface area contributed by atoms with Crippen LogP contribution in [-0.2, 0) is 0 Å². The van der Waals surface area contributed by atoms with E-state index in [9.17, 15) is 4.79 Å². The molecule has 3 rings (SSSR count). The second-order valence-electron chi connectivity index (χ2n) is 4.42. The van der Waals surface area contributed by atoms with Crippen LogP contribution in [0.4, 0.5) is 0 Å². The average molecular weight is 338 g/mol. The first-order valence-electron chi connectivity index (χ1n) is 6.03. The predicted molar refractivity (Wildman–Crippen MR) is 80.4 cm³/mol. The highest BCUT2D eigenvalue weighted by Gasteiger charge is 2.19. The molecule has 19 heavy (non-hydrogen) atoms. The summed E-state index contributed by atoms with van der Waals surface area (Å²) in [5.41, 5.74) is 1.22. The molecule has 2 aromatic rings. The maximum atomic E-state index is 12.1. The van der Waals surface area contributed by atoms with Gasteiger partial charge in [0.15, 0.2) is 0 Å². The molecule has 1 aliphatic heterocycles. The van der Waals surface area contributed by atoms with Crippen molar-refractivity contribution in [1.29, 1.82) is 0 Å². The average Bonchev–Trinajstić information content (AvgIpc) is 2.92. The van der Waals surface area contributed by atoms with Crippen LogP contribution in [0.3, 0.4) is 0 Å². The monoisotopic (exact) mass is 337 g/mol. The van der Waals surface area contributed by atoms with Gasteiger partial charge in [0.25, 0.3) is 5.91 Å². The highest BCUT2D eigenvalue weighted by molar-refractivity contribution is 9.10. The summed E-state index contributed by atoms with van der Waals surface area (Å²) in [4.78, 5) is 20.6. The van der Waals surface area contributed by atoms with Crippen LogP contribution in [0, 0.1) is 0 Å². The molecule has 1 N–H and O–H groups in total. The van der Waals surface area contributed by atoms with Crippen LogP contribution in [-0.4, -0.2) is 33.4 Å². The van der Waals surface area contributed by atoms with Gasteiger partial charge in [-0.25, -0.2) is 4.98 Å². The first-order valence-corrected chi connectivity index (χ1v) is 7.97. The largest absolute Gasteiger partial charge is 0.347 e.